The van der Waals surface area contributed by atoms with Crippen LogP contribution in [0.15, 0.2) is 24.5 Å². The van der Waals surface area contributed by atoms with Crippen molar-refractivity contribution in [3.63, 3.8) is 0 Å². The van der Waals surface area contributed by atoms with Crippen molar-refractivity contribution in [2.45, 2.75) is 0 Å². The molecule has 46 valence electrons. The second-order valence-corrected chi connectivity index (χ2v) is 2.15. The number of hydrogen-bond acceptors (Lipinski definition) is 1. The van der Waals surface area contributed by atoms with E-state index in [1.165, 1.54) is 5.56 Å². The summed E-state index contributed by atoms with van der Waals surface area (Å²) in [5, 5.41) is 0. The van der Waals surface area contributed by atoms with Gasteiger partial charge in [0.05, 0.1) is 17.8 Å². The summed E-state index contributed by atoms with van der Waals surface area (Å²) in [4.78, 5) is 3.99. The molecule has 1 aromatic rings. The maximum Gasteiger partial charge on any atom is 0.112 e. The van der Waals surface area contributed by atoms with Gasteiger partial charge in [0.25, 0.3) is 0 Å². The maximum atomic E-state index is 3.99. The molecule has 1 aliphatic carbocycles. The summed E-state index contributed by atoms with van der Waals surface area (Å²) in [6.45, 7) is 0. The van der Waals surface area contributed by atoms with Crippen molar-refractivity contribution < 1.29 is 0 Å². The highest BCUT2D eigenvalue weighted by atomic mass is 14.6. The summed E-state index contributed by atoms with van der Waals surface area (Å²) in [5.41, 5.74) is 2.36. The Morgan fingerprint density at radius 2 is 2.30 bits per heavy atom. The van der Waals surface area contributed by atoms with Gasteiger partial charge >= 0.3 is 0 Å². The zero-order valence-electron chi connectivity index (χ0n) is 5.41. The minimum Gasteiger partial charge on any atom is -0.250 e. The zero-order chi connectivity index (χ0) is 6.81. The van der Waals surface area contributed by atoms with Gasteiger partial charge in [0.1, 0.15) is 17.7 Å². The number of aromatic nitrogens is 1. The van der Waals surface area contributed by atoms with Gasteiger partial charge in [0.2, 0.25) is 0 Å². The van der Waals surface area contributed by atoms with Gasteiger partial charge in [-0.3, -0.25) is 0 Å². The molecule has 2 rings (SSSR count). The van der Waals surface area contributed by atoms with Crippen LogP contribution in [-0.4, -0.2) is 4.98 Å². The fraction of sp³-hybridized carbons (Fsp3) is 0. The largest absolute Gasteiger partial charge is 0.250 e. The lowest BCUT2D eigenvalue weighted by atomic mass is 10.1. The molecule has 0 unspecified atom stereocenters. The highest BCUT2D eigenvalue weighted by Gasteiger charge is 2.06. The van der Waals surface area contributed by atoms with Crippen LogP contribution in [0.1, 0.15) is 11.1 Å². The summed E-state index contributed by atoms with van der Waals surface area (Å²) in [5.74, 6) is 0. The van der Waals surface area contributed by atoms with Crippen LogP contribution in [-0.2, 0) is 0 Å². The van der Waals surface area contributed by atoms with E-state index in [0.29, 0.717) is 0 Å². The van der Waals surface area contributed by atoms with Crippen molar-refractivity contribution in [1.29, 1.82) is 0 Å². The topological polar surface area (TPSA) is 12.9 Å². The SMILES string of the molecule is [C+]1=Cc2cnccc2C=C1. The Balaban J connectivity index is 2.65. The summed E-state index contributed by atoms with van der Waals surface area (Å²) in [7, 11) is 0. The first-order chi connectivity index (χ1) is 4.97. The first-order valence-corrected chi connectivity index (χ1v) is 3.17. The molecule has 0 radical (unpaired) electrons. The summed E-state index contributed by atoms with van der Waals surface area (Å²) < 4.78 is 0. The van der Waals surface area contributed by atoms with E-state index in [9.17, 15) is 0 Å². The highest BCUT2D eigenvalue weighted by molar-refractivity contribution is 5.68. The second-order valence-electron chi connectivity index (χ2n) is 2.15. The molecule has 0 saturated heterocycles. The van der Waals surface area contributed by atoms with Gasteiger partial charge in [-0.25, -0.2) is 4.98 Å². The molecule has 0 fully saturated rings. The number of fused-ring (bicyclic) bond motifs is 1. The number of pyridine rings is 1. The predicted octanol–water partition coefficient (Wildman–Crippen LogP) is 1.92. The molecule has 1 heterocycles. The Bertz CT molecular complexity index is 266. The number of nitrogens with zero attached hydrogens (tertiary/aromatic N) is 1. The molecular formula is C9H6N+. The highest BCUT2D eigenvalue weighted by Crippen LogP contribution is 2.14. The van der Waals surface area contributed by atoms with Crippen LogP contribution < -0.4 is 0 Å². The molecule has 1 heteroatoms. The van der Waals surface area contributed by atoms with Crippen molar-refractivity contribution in [2.24, 2.45) is 0 Å². The van der Waals surface area contributed by atoms with Crippen LogP contribution in [0.5, 0.6) is 0 Å². The van der Waals surface area contributed by atoms with Gasteiger partial charge in [0, 0.05) is 12.3 Å². The second kappa shape index (κ2) is 2.05. The molecule has 0 spiro atoms. The molecule has 1 nitrogen and oxygen atoms in total. The van der Waals surface area contributed by atoms with Gasteiger partial charge < -0.3 is 0 Å². The van der Waals surface area contributed by atoms with Crippen molar-refractivity contribution in [3.05, 3.63) is 41.7 Å². The summed E-state index contributed by atoms with van der Waals surface area (Å²) in [6, 6.07) is 1.99. The van der Waals surface area contributed by atoms with Gasteiger partial charge in [0.15, 0.2) is 0 Å². The van der Waals surface area contributed by atoms with Crippen molar-refractivity contribution >= 4 is 12.2 Å². The minimum absolute atomic E-state index is 1.14. The van der Waals surface area contributed by atoms with Gasteiger partial charge in [-0.05, 0) is 6.07 Å². The lowest BCUT2D eigenvalue weighted by Crippen LogP contribution is -1.84. The Morgan fingerprint density at radius 1 is 1.30 bits per heavy atom. The lowest BCUT2D eigenvalue weighted by Gasteiger charge is -1.91. The molecule has 10 heavy (non-hydrogen) atoms. The molecule has 0 saturated carbocycles. The first-order valence-electron chi connectivity index (χ1n) is 3.17. The number of allylic oxidation sites excluding steroid dienone is 2. The number of hydrogen-bond donors (Lipinski definition) is 0. The van der Waals surface area contributed by atoms with E-state index in [1.807, 2.05) is 30.5 Å². The fourth-order valence-corrected chi connectivity index (χ4v) is 0.966. The molecule has 0 bridgehead atoms. The third kappa shape index (κ3) is 0.734. The van der Waals surface area contributed by atoms with Gasteiger partial charge in [-0.2, -0.15) is 0 Å². The molecular weight excluding hydrogens is 122 g/mol. The minimum atomic E-state index is 1.14. The normalized spacial score (nSPS) is 12.4. The smallest absolute Gasteiger partial charge is 0.112 e. The summed E-state index contributed by atoms with van der Waals surface area (Å²) >= 11 is 0. The lowest BCUT2D eigenvalue weighted by molar-refractivity contribution is 1.30. The Labute approximate surface area is 59.7 Å². The first kappa shape index (κ1) is 5.33. The van der Waals surface area contributed by atoms with Crippen LogP contribution in [0.25, 0.3) is 12.2 Å². The zero-order valence-corrected chi connectivity index (χ0v) is 5.41. The van der Waals surface area contributed by atoms with Crippen LogP contribution in [0.2, 0.25) is 0 Å². The van der Waals surface area contributed by atoms with Gasteiger partial charge in [-0.15, -0.1) is 0 Å². The van der Waals surface area contributed by atoms with E-state index < -0.39 is 0 Å². The fourth-order valence-electron chi connectivity index (χ4n) is 0.966. The van der Waals surface area contributed by atoms with E-state index in [4.69, 9.17) is 0 Å². The van der Waals surface area contributed by atoms with Crippen molar-refractivity contribution in [1.82, 2.24) is 4.98 Å². The average molecular weight is 128 g/mol. The molecule has 0 aromatic carbocycles. The van der Waals surface area contributed by atoms with Crippen LogP contribution >= 0.6 is 0 Å². The molecule has 0 aliphatic heterocycles. The third-order valence-corrected chi connectivity index (χ3v) is 1.49. The molecule has 0 amide bonds. The Hall–Kier alpha value is -1.46. The Morgan fingerprint density at radius 3 is 3.20 bits per heavy atom. The van der Waals surface area contributed by atoms with E-state index >= 15 is 0 Å². The molecule has 0 N–H and O–H groups in total. The quantitative estimate of drug-likeness (QED) is 0.486. The third-order valence-electron chi connectivity index (χ3n) is 1.49. The van der Waals surface area contributed by atoms with E-state index in [0.717, 1.165) is 5.56 Å². The molecule has 0 atom stereocenters. The molecule has 1 aromatic heterocycles. The summed E-state index contributed by atoms with van der Waals surface area (Å²) in [6.07, 6.45) is 12.5. The van der Waals surface area contributed by atoms with Gasteiger partial charge in [-0.1, -0.05) is 0 Å². The van der Waals surface area contributed by atoms with Crippen LogP contribution in [0, 0.1) is 6.08 Å². The maximum absolute atomic E-state index is 3.99. The van der Waals surface area contributed by atoms with E-state index in [-0.39, 0.29) is 0 Å². The van der Waals surface area contributed by atoms with Crippen LogP contribution in [0.4, 0.5) is 0 Å². The average Bonchev–Trinajstić information content (AvgIpc) is 2.05. The van der Waals surface area contributed by atoms with Crippen LogP contribution in [0.3, 0.4) is 0 Å². The van der Waals surface area contributed by atoms with Crippen molar-refractivity contribution in [3.8, 4) is 0 Å². The van der Waals surface area contributed by atoms with E-state index in [1.54, 1.807) is 6.20 Å². The monoisotopic (exact) mass is 128 g/mol. The van der Waals surface area contributed by atoms with Crippen molar-refractivity contribution in [2.75, 3.05) is 0 Å². The number of rotatable bonds is 0. The molecule has 1 aliphatic rings. The standard InChI is InChI=1S/C9H6N/c1-2-4-9-7-10-6-5-8(9)3-1/h1,3-7H/q+1. The predicted molar refractivity (Wildman–Crippen MR) is 41.0 cm³/mol. The van der Waals surface area contributed by atoms with E-state index in [2.05, 4.69) is 11.1 Å². The Kier molecular flexibility index (Phi) is 1.09.